The third-order valence-electron chi connectivity index (χ3n) is 5.39. The molecule has 1 aromatic carbocycles. The number of benzene rings is 1. The maximum atomic E-state index is 13.8. The number of halogens is 1. The fourth-order valence-corrected chi connectivity index (χ4v) is 4.80. The predicted octanol–water partition coefficient (Wildman–Crippen LogP) is 4.15. The Morgan fingerprint density at radius 3 is 2.88 bits per heavy atom. The zero-order chi connectivity index (χ0) is 17.9. The molecule has 1 aromatic heterocycles. The van der Waals surface area contributed by atoms with E-state index in [0.29, 0.717) is 17.2 Å². The average molecular weight is 375 g/mol. The van der Waals surface area contributed by atoms with Crippen LogP contribution in [-0.4, -0.2) is 39.3 Å². The Balaban J connectivity index is 1.38. The molecular weight excluding hydrogens is 353 g/mol. The average Bonchev–Trinajstić information content (AvgIpc) is 3.15. The molecular formula is C19H22FN3O2S. The molecule has 2 atom stereocenters. The number of likely N-dealkylation sites (tertiary alicyclic amines) is 1. The minimum atomic E-state index is -0.402. The van der Waals surface area contributed by atoms with Crippen LogP contribution in [0.3, 0.4) is 0 Å². The van der Waals surface area contributed by atoms with Crippen molar-refractivity contribution in [3.63, 3.8) is 0 Å². The third-order valence-corrected chi connectivity index (χ3v) is 6.20. The van der Waals surface area contributed by atoms with Crippen molar-refractivity contribution in [1.29, 1.82) is 0 Å². The van der Waals surface area contributed by atoms with Crippen molar-refractivity contribution in [3.8, 4) is 11.5 Å². The minimum Gasteiger partial charge on any atom is -0.411 e. The summed E-state index contributed by atoms with van der Waals surface area (Å²) < 4.78 is 19.3. The van der Waals surface area contributed by atoms with Crippen molar-refractivity contribution in [2.24, 2.45) is 5.92 Å². The standard InChI is InChI=1S/C19H22FN3O2S/c20-15-9-3-2-8-14(15)18-21-22-19(25-18)26-12-17(24)23-11-5-7-13-6-1-4-10-16(13)23/h2-3,8-9,13,16H,1,4-7,10-12H2/t13-,16-/m0/s1. The smallest absolute Gasteiger partial charge is 0.277 e. The fourth-order valence-electron chi connectivity index (χ4n) is 4.15. The van der Waals surface area contributed by atoms with Gasteiger partial charge < -0.3 is 9.32 Å². The van der Waals surface area contributed by atoms with Crippen LogP contribution in [0.5, 0.6) is 0 Å². The van der Waals surface area contributed by atoms with Gasteiger partial charge in [0, 0.05) is 12.6 Å². The van der Waals surface area contributed by atoms with E-state index >= 15 is 0 Å². The van der Waals surface area contributed by atoms with Gasteiger partial charge in [0.25, 0.3) is 11.1 Å². The van der Waals surface area contributed by atoms with Crippen molar-refractivity contribution < 1.29 is 13.6 Å². The number of rotatable bonds is 4. The van der Waals surface area contributed by atoms with Gasteiger partial charge >= 0.3 is 0 Å². The number of carbonyl (C=O) groups excluding carboxylic acids is 1. The molecule has 1 saturated carbocycles. The number of amides is 1. The monoisotopic (exact) mass is 375 g/mol. The lowest BCUT2D eigenvalue weighted by Crippen LogP contribution is -2.50. The van der Waals surface area contributed by atoms with E-state index in [-0.39, 0.29) is 23.1 Å². The highest BCUT2D eigenvalue weighted by Gasteiger charge is 2.35. The fraction of sp³-hybridized carbons (Fsp3) is 0.526. The summed E-state index contributed by atoms with van der Waals surface area (Å²) in [6, 6.07) is 6.69. The lowest BCUT2D eigenvalue weighted by Gasteiger charge is -2.44. The Kier molecular flexibility index (Phi) is 5.24. The molecule has 2 fully saturated rings. The second-order valence-electron chi connectivity index (χ2n) is 6.98. The molecule has 0 unspecified atom stereocenters. The molecule has 2 aliphatic rings. The van der Waals surface area contributed by atoms with Crippen LogP contribution in [0.2, 0.25) is 0 Å². The molecule has 7 heteroatoms. The summed E-state index contributed by atoms with van der Waals surface area (Å²) in [5.41, 5.74) is 0.277. The first kappa shape index (κ1) is 17.5. The van der Waals surface area contributed by atoms with Gasteiger partial charge in [0.15, 0.2) is 0 Å². The normalized spacial score (nSPS) is 22.9. The summed E-state index contributed by atoms with van der Waals surface area (Å²) in [4.78, 5) is 14.8. The number of piperidine rings is 1. The molecule has 0 radical (unpaired) electrons. The summed E-state index contributed by atoms with van der Waals surface area (Å²) in [6.45, 7) is 0.852. The van der Waals surface area contributed by atoms with Gasteiger partial charge in [0.2, 0.25) is 5.91 Å². The maximum Gasteiger partial charge on any atom is 0.277 e. The van der Waals surface area contributed by atoms with Crippen molar-refractivity contribution in [1.82, 2.24) is 15.1 Å². The van der Waals surface area contributed by atoms with Crippen LogP contribution in [0.4, 0.5) is 4.39 Å². The van der Waals surface area contributed by atoms with E-state index in [0.717, 1.165) is 19.4 Å². The SMILES string of the molecule is O=C(CSc1nnc(-c2ccccc2F)o1)N1CCC[C@@H]2CCCC[C@@H]21. The summed E-state index contributed by atoms with van der Waals surface area (Å²) in [7, 11) is 0. The number of fused-ring (bicyclic) bond motifs is 1. The van der Waals surface area contributed by atoms with E-state index in [4.69, 9.17) is 4.42 Å². The molecule has 1 amide bonds. The van der Waals surface area contributed by atoms with Crippen molar-refractivity contribution in [2.45, 2.75) is 49.8 Å². The van der Waals surface area contributed by atoms with Gasteiger partial charge in [-0.1, -0.05) is 36.7 Å². The van der Waals surface area contributed by atoms with E-state index in [1.54, 1.807) is 18.2 Å². The first-order valence-electron chi connectivity index (χ1n) is 9.23. The van der Waals surface area contributed by atoms with Crippen LogP contribution >= 0.6 is 11.8 Å². The zero-order valence-electron chi connectivity index (χ0n) is 14.6. The second kappa shape index (κ2) is 7.78. The first-order chi connectivity index (χ1) is 12.7. The Hall–Kier alpha value is -1.89. The number of thioether (sulfide) groups is 1. The van der Waals surface area contributed by atoms with Crippen LogP contribution in [0, 0.1) is 11.7 Å². The highest BCUT2D eigenvalue weighted by atomic mass is 32.2. The van der Waals surface area contributed by atoms with Crippen molar-refractivity contribution in [2.75, 3.05) is 12.3 Å². The van der Waals surface area contributed by atoms with Crippen LogP contribution < -0.4 is 0 Å². The molecule has 26 heavy (non-hydrogen) atoms. The Bertz CT molecular complexity index is 780. The van der Waals surface area contributed by atoms with Crippen LogP contribution in [0.25, 0.3) is 11.5 Å². The molecule has 1 aliphatic heterocycles. The van der Waals surface area contributed by atoms with Gasteiger partial charge in [-0.05, 0) is 43.7 Å². The van der Waals surface area contributed by atoms with Gasteiger partial charge in [-0.2, -0.15) is 0 Å². The molecule has 0 spiro atoms. The number of carbonyl (C=O) groups is 1. The Morgan fingerprint density at radius 2 is 2.00 bits per heavy atom. The molecule has 1 aliphatic carbocycles. The molecule has 1 saturated heterocycles. The summed E-state index contributed by atoms with van der Waals surface area (Å²) in [5, 5.41) is 8.14. The number of hydrogen-bond donors (Lipinski definition) is 0. The van der Waals surface area contributed by atoms with Gasteiger partial charge in [-0.3, -0.25) is 4.79 Å². The van der Waals surface area contributed by atoms with E-state index in [1.165, 1.54) is 43.5 Å². The molecule has 4 rings (SSSR count). The van der Waals surface area contributed by atoms with E-state index in [2.05, 4.69) is 15.1 Å². The highest BCUT2D eigenvalue weighted by molar-refractivity contribution is 7.99. The number of aromatic nitrogens is 2. The van der Waals surface area contributed by atoms with E-state index in [9.17, 15) is 9.18 Å². The van der Waals surface area contributed by atoms with E-state index in [1.807, 2.05) is 0 Å². The summed E-state index contributed by atoms with van der Waals surface area (Å²) >= 11 is 1.23. The van der Waals surface area contributed by atoms with Crippen LogP contribution in [0.15, 0.2) is 33.9 Å². The Labute approximate surface area is 156 Å². The van der Waals surface area contributed by atoms with Crippen LogP contribution in [-0.2, 0) is 4.79 Å². The predicted molar refractivity (Wildman–Crippen MR) is 97.1 cm³/mol. The van der Waals surface area contributed by atoms with Crippen molar-refractivity contribution in [3.05, 3.63) is 30.1 Å². The quantitative estimate of drug-likeness (QED) is 0.752. The number of hydrogen-bond acceptors (Lipinski definition) is 5. The van der Waals surface area contributed by atoms with Crippen molar-refractivity contribution >= 4 is 17.7 Å². The largest absolute Gasteiger partial charge is 0.411 e. The topological polar surface area (TPSA) is 59.2 Å². The zero-order valence-corrected chi connectivity index (χ0v) is 15.4. The molecule has 2 aromatic rings. The van der Waals surface area contributed by atoms with Gasteiger partial charge in [0.1, 0.15) is 5.82 Å². The van der Waals surface area contributed by atoms with Gasteiger partial charge in [-0.15, -0.1) is 10.2 Å². The Morgan fingerprint density at radius 1 is 1.19 bits per heavy atom. The lowest BCUT2D eigenvalue weighted by molar-refractivity contribution is -0.134. The molecule has 2 heterocycles. The number of nitrogens with zero attached hydrogens (tertiary/aromatic N) is 3. The van der Waals surface area contributed by atoms with Gasteiger partial charge in [0.05, 0.1) is 11.3 Å². The third kappa shape index (κ3) is 3.63. The molecule has 5 nitrogen and oxygen atoms in total. The van der Waals surface area contributed by atoms with E-state index < -0.39 is 5.82 Å². The maximum absolute atomic E-state index is 13.8. The van der Waals surface area contributed by atoms with Gasteiger partial charge in [-0.25, -0.2) is 4.39 Å². The first-order valence-corrected chi connectivity index (χ1v) is 10.2. The molecule has 138 valence electrons. The summed E-state index contributed by atoms with van der Waals surface area (Å²) in [5.74, 6) is 0.825. The second-order valence-corrected chi connectivity index (χ2v) is 7.91. The minimum absolute atomic E-state index is 0.136. The molecule has 0 N–H and O–H groups in total. The van der Waals surface area contributed by atoms with Crippen LogP contribution in [0.1, 0.15) is 38.5 Å². The summed E-state index contributed by atoms with van der Waals surface area (Å²) in [6.07, 6.45) is 7.22. The highest BCUT2D eigenvalue weighted by Crippen LogP contribution is 2.35. The lowest BCUT2D eigenvalue weighted by atomic mass is 9.78. The molecule has 0 bridgehead atoms.